The first-order valence-electron chi connectivity index (χ1n) is 7.95. The molecule has 0 aliphatic heterocycles. The van der Waals surface area contributed by atoms with Crippen molar-refractivity contribution in [1.82, 2.24) is 5.32 Å². The lowest BCUT2D eigenvalue weighted by molar-refractivity contribution is 0.0950. The Morgan fingerprint density at radius 3 is 2.16 bits per heavy atom. The van der Waals surface area contributed by atoms with Crippen LogP contribution in [0.1, 0.15) is 16.8 Å². The highest BCUT2D eigenvalue weighted by Gasteiger charge is 2.16. The zero-order chi connectivity index (χ0) is 18.1. The monoisotopic (exact) mass is 345 g/mol. The number of carbonyl (C=O) groups is 1. The second-order valence-electron chi connectivity index (χ2n) is 5.18. The minimum atomic E-state index is -0.209. The Balaban J connectivity index is 1.88. The topological polar surface area (TPSA) is 66.0 Å². The van der Waals surface area contributed by atoms with Crippen molar-refractivity contribution in [1.29, 1.82) is 0 Å². The largest absolute Gasteiger partial charge is 0.494 e. The molecule has 134 valence electrons. The molecule has 0 radical (unpaired) electrons. The standard InChI is InChI=1S/C19H23NO5/c1-22-16-12-14(13-17(23-2)18(16)24-3)19(21)20-10-7-11-25-15-8-5-4-6-9-15/h4-6,8-9,12-13H,7,10-11H2,1-3H3,(H,20,21). The van der Waals surface area contributed by atoms with E-state index in [2.05, 4.69) is 5.32 Å². The first kappa shape index (κ1) is 18.4. The average Bonchev–Trinajstić information content (AvgIpc) is 2.67. The molecule has 0 unspecified atom stereocenters. The molecule has 0 saturated carbocycles. The van der Waals surface area contributed by atoms with E-state index in [9.17, 15) is 4.79 Å². The molecule has 1 N–H and O–H groups in total. The highest BCUT2D eigenvalue weighted by molar-refractivity contribution is 5.95. The summed E-state index contributed by atoms with van der Waals surface area (Å²) in [6, 6.07) is 12.8. The zero-order valence-electron chi connectivity index (χ0n) is 14.7. The fourth-order valence-corrected chi connectivity index (χ4v) is 2.30. The van der Waals surface area contributed by atoms with Gasteiger partial charge in [0.1, 0.15) is 5.75 Å². The van der Waals surface area contributed by atoms with Gasteiger partial charge in [-0.15, -0.1) is 0 Å². The fraction of sp³-hybridized carbons (Fsp3) is 0.316. The van der Waals surface area contributed by atoms with Crippen LogP contribution >= 0.6 is 0 Å². The molecule has 25 heavy (non-hydrogen) atoms. The summed E-state index contributed by atoms with van der Waals surface area (Å²) in [4.78, 5) is 12.3. The Morgan fingerprint density at radius 1 is 0.960 bits per heavy atom. The van der Waals surface area contributed by atoms with E-state index < -0.39 is 0 Å². The van der Waals surface area contributed by atoms with Gasteiger partial charge < -0.3 is 24.3 Å². The van der Waals surface area contributed by atoms with Crippen LogP contribution in [0.15, 0.2) is 42.5 Å². The average molecular weight is 345 g/mol. The van der Waals surface area contributed by atoms with Gasteiger partial charge in [0.2, 0.25) is 5.75 Å². The summed E-state index contributed by atoms with van der Waals surface area (Å²) >= 11 is 0. The van der Waals surface area contributed by atoms with Gasteiger partial charge in [0.15, 0.2) is 11.5 Å². The minimum absolute atomic E-state index is 0.209. The van der Waals surface area contributed by atoms with E-state index in [1.54, 1.807) is 12.1 Å². The molecule has 0 aliphatic rings. The molecular formula is C19H23NO5. The Labute approximate surface area is 147 Å². The first-order chi connectivity index (χ1) is 12.2. The number of rotatable bonds is 9. The zero-order valence-corrected chi connectivity index (χ0v) is 14.7. The highest BCUT2D eigenvalue weighted by atomic mass is 16.5. The van der Waals surface area contributed by atoms with Crippen molar-refractivity contribution in [3.63, 3.8) is 0 Å². The Kier molecular flexibility index (Phi) is 6.95. The van der Waals surface area contributed by atoms with E-state index in [4.69, 9.17) is 18.9 Å². The number of hydrogen-bond donors (Lipinski definition) is 1. The molecule has 0 atom stereocenters. The number of amides is 1. The molecule has 0 bridgehead atoms. The van der Waals surface area contributed by atoms with Crippen LogP contribution in [0.2, 0.25) is 0 Å². The molecule has 0 aliphatic carbocycles. The predicted octanol–water partition coefficient (Wildman–Crippen LogP) is 2.91. The highest BCUT2D eigenvalue weighted by Crippen LogP contribution is 2.38. The summed E-state index contributed by atoms with van der Waals surface area (Å²) in [5.41, 5.74) is 0.443. The van der Waals surface area contributed by atoms with Gasteiger partial charge in [-0.25, -0.2) is 0 Å². The van der Waals surface area contributed by atoms with Gasteiger partial charge in [-0.05, 0) is 30.7 Å². The van der Waals surface area contributed by atoms with Gasteiger partial charge in [-0.1, -0.05) is 18.2 Å². The summed E-state index contributed by atoms with van der Waals surface area (Å²) in [5, 5.41) is 2.85. The number of methoxy groups -OCH3 is 3. The van der Waals surface area contributed by atoms with E-state index in [1.165, 1.54) is 21.3 Å². The summed E-state index contributed by atoms with van der Waals surface area (Å²) in [5.74, 6) is 1.95. The Morgan fingerprint density at radius 2 is 1.60 bits per heavy atom. The lowest BCUT2D eigenvalue weighted by Gasteiger charge is -2.14. The van der Waals surface area contributed by atoms with Crippen molar-refractivity contribution in [3.05, 3.63) is 48.0 Å². The van der Waals surface area contributed by atoms with Gasteiger partial charge in [0.25, 0.3) is 5.91 Å². The van der Waals surface area contributed by atoms with Crippen molar-refractivity contribution in [2.45, 2.75) is 6.42 Å². The summed E-state index contributed by atoms with van der Waals surface area (Å²) in [6.45, 7) is 1.03. The number of para-hydroxylation sites is 1. The summed E-state index contributed by atoms with van der Waals surface area (Å²) in [6.07, 6.45) is 0.699. The molecule has 2 rings (SSSR count). The maximum atomic E-state index is 12.3. The van der Waals surface area contributed by atoms with Crippen LogP contribution in [-0.2, 0) is 0 Å². The van der Waals surface area contributed by atoms with Crippen LogP contribution in [0.3, 0.4) is 0 Å². The minimum Gasteiger partial charge on any atom is -0.494 e. The molecule has 0 aromatic heterocycles. The molecule has 6 heteroatoms. The van der Waals surface area contributed by atoms with Crippen LogP contribution in [0, 0.1) is 0 Å². The lowest BCUT2D eigenvalue weighted by Crippen LogP contribution is -2.25. The third kappa shape index (κ3) is 5.04. The van der Waals surface area contributed by atoms with Crippen LogP contribution in [0.4, 0.5) is 0 Å². The maximum Gasteiger partial charge on any atom is 0.251 e. The van der Waals surface area contributed by atoms with Crippen molar-refractivity contribution < 1.29 is 23.7 Å². The Hall–Kier alpha value is -2.89. The lowest BCUT2D eigenvalue weighted by atomic mass is 10.1. The summed E-state index contributed by atoms with van der Waals surface area (Å²) in [7, 11) is 4.55. The van der Waals surface area contributed by atoms with Gasteiger partial charge in [-0.3, -0.25) is 4.79 Å². The SMILES string of the molecule is COc1cc(C(=O)NCCCOc2ccccc2)cc(OC)c1OC. The molecule has 2 aromatic rings. The van der Waals surface area contributed by atoms with E-state index >= 15 is 0 Å². The van der Waals surface area contributed by atoms with Crippen LogP contribution in [0.5, 0.6) is 23.0 Å². The number of benzene rings is 2. The van der Waals surface area contributed by atoms with Gasteiger partial charge in [-0.2, -0.15) is 0 Å². The van der Waals surface area contributed by atoms with Crippen molar-refractivity contribution in [2.24, 2.45) is 0 Å². The van der Waals surface area contributed by atoms with Crippen molar-refractivity contribution >= 4 is 5.91 Å². The van der Waals surface area contributed by atoms with Crippen molar-refractivity contribution in [3.8, 4) is 23.0 Å². The van der Waals surface area contributed by atoms with Crippen molar-refractivity contribution in [2.75, 3.05) is 34.5 Å². The predicted molar refractivity (Wildman–Crippen MR) is 95.0 cm³/mol. The number of hydrogen-bond acceptors (Lipinski definition) is 5. The Bertz CT molecular complexity index is 662. The molecule has 0 saturated heterocycles. The maximum absolute atomic E-state index is 12.3. The molecule has 0 spiro atoms. The van der Waals surface area contributed by atoms with Gasteiger partial charge in [0, 0.05) is 12.1 Å². The molecule has 2 aromatic carbocycles. The van der Waals surface area contributed by atoms with E-state index in [0.717, 1.165) is 5.75 Å². The second kappa shape index (κ2) is 9.42. The third-order valence-corrected chi connectivity index (χ3v) is 3.55. The van der Waals surface area contributed by atoms with E-state index in [-0.39, 0.29) is 5.91 Å². The number of carbonyl (C=O) groups excluding carboxylic acids is 1. The first-order valence-corrected chi connectivity index (χ1v) is 7.95. The number of nitrogens with one attached hydrogen (secondary N) is 1. The van der Waals surface area contributed by atoms with Crippen LogP contribution < -0.4 is 24.3 Å². The molecule has 0 fully saturated rings. The third-order valence-electron chi connectivity index (χ3n) is 3.55. The van der Waals surface area contributed by atoms with Gasteiger partial charge in [0.05, 0.1) is 27.9 Å². The summed E-state index contributed by atoms with van der Waals surface area (Å²) < 4.78 is 21.4. The molecule has 6 nitrogen and oxygen atoms in total. The quantitative estimate of drug-likeness (QED) is 0.708. The smallest absolute Gasteiger partial charge is 0.251 e. The second-order valence-corrected chi connectivity index (χ2v) is 5.18. The van der Waals surface area contributed by atoms with Gasteiger partial charge >= 0.3 is 0 Å². The van der Waals surface area contributed by atoms with Crippen LogP contribution in [-0.4, -0.2) is 40.4 Å². The molecular weight excluding hydrogens is 322 g/mol. The fourth-order valence-electron chi connectivity index (χ4n) is 2.30. The van der Waals surface area contributed by atoms with E-state index in [1.807, 2.05) is 30.3 Å². The number of ether oxygens (including phenoxy) is 4. The van der Waals surface area contributed by atoms with E-state index in [0.29, 0.717) is 42.4 Å². The molecule has 1 amide bonds. The van der Waals surface area contributed by atoms with Crippen LogP contribution in [0.25, 0.3) is 0 Å². The normalized spacial score (nSPS) is 10.0. The molecule has 0 heterocycles.